The van der Waals surface area contributed by atoms with Gasteiger partial charge in [-0.25, -0.2) is 4.79 Å². The van der Waals surface area contributed by atoms with Crippen molar-refractivity contribution in [3.8, 4) is 0 Å². The van der Waals surface area contributed by atoms with E-state index in [0.717, 1.165) is 6.42 Å². The summed E-state index contributed by atoms with van der Waals surface area (Å²) in [7, 11) is 1.23. The Kier molecular flexibility index (Phi) is 5.75. The molecule has 0 radical (unpaired) electrons. The number of esters is 1. The zero-order valence-electron chi connectivity index (χ0n) is 11.0. The summed E-state index contributed by atoms with van der Waals surface area (Å²) in [5.74, 6) is -2.06. The smallest absolute Gasteiger partial charge is 0.326 e. The quantitative estimate of drug-likeness (QED) is 0.657. The van der Waals surface area contributed by atoms with Crippen molar-refractivity contribution in [2.24, 2.45) is 5.92 Å². The number of methoxy groups -OCH3 is 1. The molecule has 0 bridgehead atoms. The summed E-state index contributed by atoms with van der Waals surface area (Å²) in [6.07, 6.45) is 0.0988. The van der Waals surface area contributed by atoms with Gasteiger partial charge in [-0.2, -0.15) is 0 Å². The van der Waals surface area contributed by atoms with E-state index in [4.69, 9.17) is 9.84 Å². The van der Waals surface area contributed by atoms with E-state index in [1.807, 2.05) is 6.92 Å². The Morgan fingerprint density at radius 3 is 2.63 bits per heavy atom. The molecule has 1 aliphatic rings. The molecule has 1 saturated heterocycles. The summed E-state index contributed by atoms with van der Waals surface area (Å²) in [6.45, 7) is 2.38. The second-order valence-corrected chi connectivity index (χ2v) is 4.57. The summed E-state index contributed by atoms with van der Waals surface area (Å²) < 4.78 is 9.69. The third-order valence-electron chi connectivity index (χ3n) is 3.13. The third kappa shape index (κ3) is 4.51. The van der Waals surface area contributed by atoms with E-state index in [9.17, 15) is 14.4 Å². The molecule has 1 heterocycles. The number of carboxylic acid groups (broad SMARTS) is 1. The third-order valence-corrected chi connectivity index (χ3v) is 3.13. The summed E-state index contributed by atoms with van der Waals surface area (Å²) in [5, 5.41) is 11.4. The second-order valence-electron chi connectivity index (χ2n) is 4.57. The molecule has 108 valence electrons. The van der Waals surface area contributed by atoms with Gasteiger partial charge in [0.25, 0.3) is 0 Å². The fourth-order valence-electron chi connectivity index (χ4n) is 1.91. The lowest BCUT2D eigenvalue weighted by Crippen LogP contribution is -2.46. The van der Waals surface area contributed by atoms with E-state index >= 15 is 0 Å². The molecular weight excluding hydrogens is 254 g/mol. The van der Waals surface area contributed by atoms with Gasteiger partial charge >= 0.3 is 11.9 Å². The van der Waals surface area contributed by atoms with Crippen LogP contribution < -0.4 is 5.32 Å². The first-order valence-electron chi connectivity index (χ1n) is 6.17. The first-order chi connectivity index (χ1) is 8.95. The van der Waals surface area contributed by atoms with Gasteiger partial charge in [-0.3, -0.25) is 9.59 Å². The van der Waals surface area contributed by atoms with E-state index in [-0.39, 0.29) is 18.8 Å². The zero-order valence-corrected chi connectivity index (χ0v) is 11.0. The predicted molar refractivity (Wildman–Crippen MR) is 64.3 cm³/mol. The van der Waals surface area contributed by atoms with Crippen molar-refractivity contribution >= 4 is 17.8 Å². The van der Waals surface area contributed by atoms with Crippen molar-refractivity contribution in [1.29, 1.82) is 0 Å². The Balaban J connectivity index is 2.51. The molecule has 19 heavy (non-hydrogen) atoms. The SMILES string of the molecule is COC(=O)CC[C@H](NC(=O)C1OCCC1C)C(=O)O. The lowest BCUT2D eigenvalue weighted by atomic mass is 10.0. The first kappa shape index (κ1) is 15.4. The molecular formula is C12H19NO6. The highest BCUT2D eigenvalue weighted by atomic mass is 16.5. The van der Waals surface area contributed by atoms with E-state index in [2.05, 4.69) is 10.1 Å². The van der Waals surface area contributed by atoms with Crippen LogP contribution in [0, 0.1) is 5.92 Å². The van der Waals surface area contributed by atoms with Gasteiger partial charge in [-0.05, 0) is 18.8 Å². The number of amides is 1. The summed E-state index contributed by atoms with van der Waals surface area (Å²) >= 11 is 0. The predicted octanol–water partition coefficient (Wildman–Crippen LogP) is -0.0660. The summed E-state index contributed by atoms with van der Waals surface area (Å²) in [6, 6.07) is -1.11. The topological polar surface area (TPSA) is 102 Å². The first-order valence-corrected chi connectivity index (χ1v) is 6.17. The van der Waals surface area contributed by atoms with Crippen LogP contribution in [-0.4, -0.2) is 48.8 Å². The standard InChI is InChI=1S/C12H19NO6/c1-7-5-6-19-10(7)11(15)13-8(12(16)17)3-4-9(14)18-2/h7-8,10H,3-6H2,1-2H3,(H,13,15)(H,16,17)/t7?,8-,10?/m0/s1. The van der Waals surface area contributed by atoms with Crippen molar-refractivity contribution in [2.45, 2.75) is 38.3 Å². The molecule has 0 saturated carbocycles. The van der Waals surface area contributed by atoms with Crippen LogP contribution >= 0.6 is 0 Å². The molecule has 0 spiro atoms. The van der Waals surface area contributed by atoms with Gasteiger partial charge in [0.2, 0.25) is 5.91 Å². The summed E-state index contributed by atoms with van der Waals surface area (Å²) in [4.78, 5) is 33.9. The molecule has 3 atom stereocenters. The van der Waals surface area contributed by atoms with E-state index in [1.54, 1.807) is 0 Å². The van der Waals surface area contributed by atoms with Crippen LogP contribution in [0.3, 0.4) is 0 Å². The fraction of sp³-hybridized carbons (Fsp3) is 0.750. The van der Waals surface area contributed by atoms with E-state index in [1.165, 1.54) is 7.11 Å². The average molecular weight is 273 g/mol. The second kappa shape index (κ2) is 7.08. The average Bonchev–Trinajstić information content (AvgIpc) is 2.79. The van der Waals surface area contributed by atoms with E-state index < -0.39 is 30.0 Å². The van der Waals surface area contributed by atoms with Crippen LogP contribution in [0.2, 0.25) is 0 Å². The minimum Gasteiger partial charge on any atom is -0.480 e. The van der Waals surface area contributed by atoms with Gasteiger partial charge in [0.15, 0.2) is 0 Å². The molecule has 1 rings (SSSR count). The Bertz CT molecular complexity index is 356. The number of carbonyl (C=O) groups excluding carboxylic acids is 2. The molecule has 0 aromatic carbocycles. The minimum atomic E-state index is -1.18. The van der Waals surface area contributed by atoms with Crippen LogP contribution in [0.25, 0.3) is 0 Å². The minimum absolute atomic E-state index is 0.00511. The normalized spacial score (nSPS) is 23.7. The van der Waals surface area contributed by atoms with Gasteiger partial charge in [0.05, 0.1) is 7.11 Å². The highest BCUT2D eigenvalue weighted by Gasteiger charge is 2.33. The number of ether oxygens (including phenoxy) is 2. The van der Waals surface area contributed by atoms with Crippen molar-refractivity contribution in [2.75, 3.05) is 13.7 Å². The van der Waals surface area contributed by atoms with Crippen LogP contribution in [0.1, 0.15) is 26.2 Å². The zero-order chi connectivity index (χ0) is 14.4. The van der Waals surface area contributed by atoms with Crippen molar-refractivity contribution in [3.63, 3.8) is 0 Å². The molecule has 7 heteroatoms. The Hall–Kier alpha value is -1.63. The fourth-order valence-corrected chi connectivity index (χ4v) is 1.91. The lowest BCUT2D eigenvalue weighted by molar-refractivity contribution is -0.145. The molecule has 7 nitrogen and oxygen atoms in total. The number of carbonyl (C=O) groups is 3. The van der Waals surface area contributed by atoms with Crippen LogP contribution in [0.5, 0.6) is 0 Å². The molecule has 1 fully saturated rings. The van der Waals surface area contributed by atoms with Crippen molar-refractivity contribution < 1.29 is 29.0 Å². The highest BCUT2D eigenvalue weighted by molar-refractivity contribution is 5.87. The number of aliphatic carboxylic acids is 1. The maximum atomic E-state index is 11.9. The lowest BCUT2D eigenvalue weighted by Gasteiger charge is -2.18. The van der Waals surface area contributed by atoms with Gasteiger partial charge < -0.3 is 19.9 Å². The van der Waals surface area contributed by atoms with Gasteiger partial charge in [0.1, 0.15) is 12.1 Å². The van der Waals surface area contributed by atoms with Gasteiger partial charge in [0, 0.05) is 13.0 Å². The van der Waals surface area contributed by atoms with Gasteiger partial charge in [-0.15, -0.1) is 0 Å². The molecule has 0 aromatic rings. The monoisotopic (exact) mass is 273 g/mol. The molecule has 1 amide bonds. The summed E-state index contributed by atoms with van der Waals surface area (Å²) in [5.41, 5.74) is 0. The molecule has 2 N–H and O–H groups in total. The highest BCUT2D eigenvalue weighted by Crippen LogP contribution is 2.20. The maximum Gasteiger partial charge on any atom is 0.326 e. The number of nitrogens with one attached hydrogen (secondary N) is 1. The van der Waals surface area contributed by atoms with Crippen LogP contribution in [0.15, 0.2) is 0 Å². The number of hydrogen-bond donors (Lipinski definition) is 2. The molecule has 0 aromatic heterocycles. The van der Waals surface area contributed by atoms with E-state index in [0.29, 0.717) is 6.61 Å². The molecule has 1 aliphatic heterocycles. The Labute approximate surface area is 111 Å². The van der Waals surface area contributed by atoms with Crippen LogP contribution in [0.4, 0.5) is 0 Å². The number of carboxylic acids is 1. The van der Waals surface area contributed by atoms with Crippen molar-refractivity contribution in [1.82, 2.24) is 5.32 Å². The van der Waals surface area contributed by atoms with Crippen LogP contribution in [-0.2, 0) is 23.9 Å². The Morgan fingerprint density at radius 2 is 2.16 bits per heavy atom. The largest absolute Gasteiger partial charge is 0.480 e. The number of hydrogen-bond acceptors (Lipinski definition) is 5. The van der Waals surface area contributed by atoms with Crippen molar-refractivity contribution in [3.05, 3.63) is 0 Å². The molecule has 2 unspecified atom stereocenters. The van der Waals surface area contributed by atoms with Gasteiger partial charge in [-0.1, -0.05) is 6.92 Å². The molecule has 0 aliphatic carbocycles. The Morgan fingerprint density at radius 1 is 1.47 bits per heavy atom. The number of rotatable bonds is 6. The maximum absolute atomic E-state index is 11.9.